The molecule has 3 aromatic rings. The molecule has 1 unspecified atom stereocenters. The van der Waals surface area contributed by atoms with E-state index in [1.807, 2.05) is 28.8 Å². The Balaban J connectivity index is 1.27. The molecular weight excluding hydrogens is 374 g/mol. The molecule has 5 rings (SSSR count). The van der Waals surface area contributed by atoms with E-state index < -0.39 is 0 Å². The minimum absolute atomic E-state index is 0.0253. The molecule has 0 saturated heterocycles. The molecule has 0 bridgehead atoms. The minimum Gasteiger partial charge on any atom is -0.355 e. The number of aromatic nitrogens is 2. The average Bonchev–Trinajstić information content (AvgIpc) is 3.61. The normalized spacial score (nSPS) is 18.2. The first-order valence-electron chi connectivity index (χ1n) is 11.1. The van der Waals surface area contributed by atoms with Crippen LogP contribution in [0.5, 0.6) is 0 Å². The summed E-state index contributed by atoms with van der Waals surface area (Å²) >= 11 is 0. The Hall–Kier alpha value is -2.95. The lowest BCUT2D eigenvalue weighted by molar-refractivity contribution is -0.121. The van der Waals surface area contributed by atoms with E-state index in [0.29, 0.717) is 36.2 Å². The topological polar surface area (TPSA) is 64.0 Å². The van der Waals surface area contributed by atoms with Crippen molar-refractivity contribution in [1.82, 2.24) is 14.9 Å². The summed E-state index contributed by atoms with van der Waals surface area (Å²) in [5, 5.41) is 3.79. The third-order valence-electron chi connectivity index (χ3n) is 6.41. The first-order valence-corrected chi connectivity index (χ1v) is 11.1. The van der Waals surface area contributed by atoms with Gasteiger partial charge < -0.3 is 5.32 Å². The van der Waals surface area contributed by atoms with Crippen LogP contribution < -0.4 is 10.9 Å². The highest BCUT2D eigenvalue weighted by Crippen LogP contribution is 2.35. The quantitative estimate of drug-likeness (QED) is 0.681. The third-order valence-corrected chi connectivity index (χ3v) is 6.41. The number of nitrogens with one attached hydrogen (secondary N) is 1. The smallest absolute Gasteiger partial charge is 0.261 e. The molecule has 2 aliphatic rings. The van der Waals surface area contributed by atoms with Crippen molar-refractivity contribution >= 4 is 16.8 Å². The molecule has 1 amide bonds. The Bertz CT molecular complexity index is 1150. The Labute approximate surface area is 176 Å². The van der Waals surface area contributed by atoms with Crippen LogP contribution >= 0.6 is 0 Å². The molecule has 30 heavy (non-hydrogen) atoms. The molecule has 0 spiro atoms. The van der Waals surface area contributed by atoms with Gasteiger partial charge in [0.05, 0.1) is 10.9 Å². The van der Waals surface area contributed by atoms with Gasteiger partial charge in [0.25, 0.3) is 5.56 Å². The summed E-state index contributed by atoms with van der Waals surface area (Å²) in [5.41, 5.74) is 3.53. The monoisotopic (exact) mass is 401 g/mol. The van der Waals surface area contributed by atoms with Gasteiger partial charge in [-0.1, -0.05) is 36.4 Å². The van der Waals surface area contributed by atoms with Gasteiger partial charge in [-0.05, 0) is 55.4 Å². The maximum atomic E-state index is 12.9. The van der Waals surface area contributed by atoms with Gasteiger partial charge >= 0.3 is 0 Å². The highest BCUT2D eigenvalue weighted by Gasteiger charge is 2.28. The lowest BCUT2D eigenvalue weighted by atomic mass is 9.83. The first kappa shape index (κ1) is 19.0. The maximum Gasteiger partial charge on any atom is 0.261 e. The van der Waals surface area contributed by atoms with Crippen LogP contribution in [0.4, 0.5) is 0 Å². The van der Waals surface area contributed by atoms with E-state index in [1.54, 1.807) is 0 Å². The van der Waals surface area contributed by atoms with Gasteiger partial charge in [0, 0.05) is 31.3 Å². The van der Waals surface area contributed by atoms with Crippen LogP contribution in [-0.4, -0.2) is 22.0 Å². The number of rotatable bonds is 6. The summed E-state index contributed by atoms with van der Waals surface area (Å²) in [7, 11) is 0. The van der Waals surface area contributed by atoms with Gasteiger partial charge in [-0.25, -0.2) is 4.98 Å². The lowest BCUT2D eigenvalue weighted by Gasteiger charge is -2.25. The van der Waals surface area contributed by atoms with Crippen LogP contribution in [0.15, 0.2) is 53.3 Å². The summed E-state index contributed by atoms with van der Waals surface area (Å²) in [6, 6.07) is 16.3. The number of hydrogen-bond donors (Lipinski definition) is 1. The third kappa shape index (κ3) is 3.76. The predicted molar refractivity (Wildman–Crippen MR) is 118 cm³/mol. The van der Waals surface area contributed by atoms with Crippen molar-refractivity contribution in [1.29, 1.82) is 0 Å². The molecule has 1 saturated carbocycles. The molecule has 1 N–H and O–H groups in total. The number of benzene rings is 2. The lowest BCUT2D eigenvalue weighted by Crippen LogP contribution is -2.31. The van der Waals surface area contributed by atoms with E-state index in [9.17, 15) is 9.59 Å². The summed E-state index contributed by atoms with van der Waals surface area (Å²) < 4.78 is 1.83. The van der Waals surface area contributed by atoms with Crippen molar-refractivity contribution in [3.8, 4) is 0 Å². The van der Waals surface area contributed by atoms with E-state index in [-0.39, 0.29) is 17.5 Å². The number of fused-ring (bicyclic) bond motifs is 2. The Kier molecular flexibility index (Phi) is 5.11. The molecule has 1 aromatic heterocycles. The fourth-order valence-corrected chi connectivity index (χ4v) is 4.69. The van der Waals surface area contributed by atoms with Crippen LogP contribution in [0.25, 0.3) is 10.9 Å². The Morgan fingerprint density at radius 1 is 1.07 bits per heavy atom. The predicted octanol–water partition coefficient (Wildman–Crippen LogP) is 3.90. The molecule has 1 heterocycles. The van der Waals surface area contributed by atoms with E-state index in [4.69, 9.17) is 4.98 Å². The average molecular weight is 402 g/mol. The second kappa shape index (κ2) is 8.05. The van der Waals surface area contributed by atoms with E-state index in [1.165, 1.54) is 17.5 Å². The first-order chi connectivity index (χ1) is 14.7. The zero-order valence-electron chi connectivity index (χ0n) is 17.1. The molecule has 2 aromatic carbocycles. The van der Waals surface area contributed by atoms with Gasteiger partial charge in [0.15, 0.2) is 0 Å². The number of amides is 1. The SMILES string of the molecule is O=C(CCc1nc2ccccc2c(=O)n1C1CC1)NCC1CCCc2ccccc21. The van der Waals surface area contributed by atoms with Crippen molar-refractivity contribution in [2.45, 2.75) is 56.9 Å². The van der Waals surface area contributed by atoms with E-state index in [2.05, 4.69) is 29.6 Å². The Morgan fingerprint density at radius 3 is 2.73 bits per heavy atom. The van der Waals surface area contributed by atoms with Crippen LogP contribution in [0.2, 0.25) is 0 Å². The number of nitrogens with zero attached hydrogens (tertiary/aromatic N) is 2. The fraction of sp³-hybridized carbons (Fsp3) is 0.400. The molecule has 5 nitrogen and oxygen atoms in total. The molecule has 0 radical (unpaired) electrons. The second-order valence-corrected chi connectivity index (χ2v) is 8.54. The van der Waals surface area contributed by atoms with Crippen LogP contribution in [0.3, 0.4) is 0 Å². The standard InChI is InChI=1S/C25H27N3O2/c29-24(26-16-18-8-5-7-17-6-1-2-9-20(17)18)15-14-23-27-22-11-4-3-10-21(22)25(30)28(23)19-12-13-19/h1-4,6,9-11,18-19H,5,7-8,12-16H2,(H,26,29). The van der Waals surface area contributed by atoms with Gasteiger partial charge in [-0.3, -0.25) is 14.2 Å². The number of aryl methyl sites for hydroxylation is 2. The van der Waals surface area contributed by atoms with Crippen molar-refractivity contribution in [3.63, 3.8) is 0 Å². The molecule has 5 heteroatoms. The summed E-state index contributed by atoms with van der Waals surface area (Å²) in [6.45, 7) is 0.677. The minimum atomic E-state index is 0.0253. The molecule has 0 aliphatic heterocycles. The van der Waals surface area contributed by atoms with Crippen molar-refractivity contribution < 1.29 is 4.79 Å². The zero-order chi connectivity index (χ0) is 20.5. The number of hydrogen-bond acceptors (Lipinski definition) is 3. The van der Waals surface area contributed by atoms with Gasteiger partial charge in [0.2, 0.25) is 5.91 Å². The van der Waals surface area contributed by atoms with Gasteiger partial charge in [0.1, 0.15) is 5.82 Å². The molecule has 1 atom stereocenters. The van der Waals surface area contributed by atoms with Crippen LogP contribution in [0, 0.1) is 0 Å². The Morgan fingerprint density at radius 2 is 1.87 bits per heavy atom. The number of carbonyl (C=O) groups is 1. The van der Waals surface area contributed by atoms with Crippen LogP contribution in [-0.2, 0) is 17.6 Å². The maximum absolute atomic E-state index is 12.9. The summed E-state index contributed by atoms with van der Waals surface area (Å²) in [5.74, 6) is 1.16. The largest absolute Gasteiger partial charge is 0.355 e. The second-order valence-electron chi connectivity index (χ2n) is 8.54. The summed E-state index contributed by atoms with van der Waals surface area (Å²) in [6.07, 6.45) is 6.29. The molecule has 1 fully saturated rings. The fourth-order valence-electron chi connectivity index (χ4n) is 4.69. The highest BCUT2D eigenvalue weighted by atomic mass is 16.1. The molecule has 2 aliphatic carbocycles. The van der Waals surface area contributed by atoms with Gasteiger partial charge in [-0.15, -0.1) is 0 Å². The van der Waals surface area contributed by atoms with Crippen LogP contribution in [0.1, 0.15) is 61.0 Å². The van der Waals surface area contributed by atoms with E-state index in [0.717, 1.165) is 31.5 Å². The number of para-hydroxylation sites is 1. The van der Waals surface area contributed by atoms with Crippen molar-refractivity contribution in [2.24, 2.45) is 0 Å². The summed E-state index contributed by atoms with van der Waals surface area (Å²) in [4.78, 5) is 30.3. The number of carbonyl (C=O) groups excluding carboxylic acids is 1. The van der Waals surface area contributed by atoms with Gasteiger partial charge in [-0.2, -0.15) is 0 Å². The van der Waals surface area contributed by atoms with Crippen molar-refractivity contribution in [3.05, 3.63) is 75.8 Å². The highest BCUT2D eigenvalue weighted by molar-refractivity contribution is 5.78. The van der Waals surface area contributed by atoms with E-state index >= 15 is 0 Å². The molecule has 154 valence electrons. The van der Waals surface area contributed by atoms with Crippen molar-refractivity contribution in [2.75, 3.05) is 6.54 Å². The zero-order valence-corrected chi connectivity index (χ0v) is 17.1. The molecular formula is C25H27N3O2.